The van der Waals surface area contributed by atoms with E-state index in [4.69, 9.17) is 4.98 Å². The molecule has 0 bridgehead atoms. The Labute approximate surface area is 194 Å². The summed E-state index contributed by atoms with van der Waals surface area (Å²) in [5, 5.41) is 0. The van der Waals surface area contributed by atoms with Crippen LogP contribution in [0, 0.1) is 0 Å². The van der Waals surface area contributed by atoms with Crippen LogP contribution in [0.1, 0.15) is 23.9 Å². The molecule has 4 heterocycles. The monoisotopic (exact) mass is 445 g/mol. The van der Waals surface area contributed by atoms with Crippen molar-refractivity contribution in [3.8, 4) is 0 Å². The second-order valence-corrected chi connectivity index (χ2v) is 8.82. The van der Waals surface area contributed by atoms with Crippen LogP contribution in [0.25, 0.3) is 0 Å². The first-order valence-electron chi connectivity index (χ1n) is 11.8. The van der Waals surface area contributed by atoms with E-state index in [1.54, 1.807) is 12.4 Å². The molecule has 0 unspecified atom stereocenters. The smallest absolute Gasteiger partial charge is 0.239 e. The summed E-state index contributed by atoms with van der Waals surface area (Å²) < 4.78 is 2.29. The van der Waals surface area contributed by atoms with Gasteiger partial charge in [0, 0.05) is 70.3 Å². The number of amides is 1. The molecule has 2 aromatic heterocycles. The van der Waals surface area contributed by atoms with Crippen molar-refractivity contribution in [2.24, 2.45) is 0 Å². The molecule has 33 heavy (non-hydrogen) atoms. The average Bonchev–Trinajstić information content (AvgIpc) is 3.30. The van der Waals surface area contributed by atoms with Crippen LogP contribution in [0.4, 0.5) is 5.95 Å². The number of nitrogens with zero attached hydrogens (tertiary/aromatic N) is 7. The van der Waals surface area contributed by atoms with E-state index < -0.39 is 0 Å². The summed E-state index contributed by atoms with van der Waals surface area (Å²) in [4.78, 5) is 33.0. The van der Waals surface area contributed by atoms with Crippen LogP contribution >= 0.6 is 0 Å². The molecule has 172 valence electrons. The molecule has 3 aromatic rings. The number of aryl methyl sites for hydroxylation is 2. The molecule has 1 fully saturated rings. The number of aromatic nitrogens is 4. The third-order valence-electron chi connectivity index (χ3n) is 6.84. The molecule has 8 nitrogen and oxygen atoms in total. The maximum absolute atomic E-state index is 13.2. The van der Waals surface area contributed by atoms with Gasteiger partial charge in [0.2, 0.25) is 11.9 Å². The number of piperazine rings is 1. The predicted molar refractivity (Wildman–Crippen MR) is 127 cm³/mol. The number of fused-ring (bicyclic) bond motifs is 1. The summed E-state index contributed by atoms with van der Waals surface area (Å²) in [6.45, 7) is 7.52. The van der Waals surface area contributed by atoms with Crippen molar-refractivity contribution in [2.75, 3.05) is 37.6 Å². The fourth-order valence-electron chi connectivity index (χ4n) is 4.81. The second kappa shape index (κ2) is 9.70. The number of hydrogen-bond donors (Lipinski definition) is 0. The van der Waals surface area contributed by atoms with Crippen molar-refractivity contribution in [3.05, 3.63) is 72.1 Å². The van der Waals surface area contributed by atoms with Crippen LogP contribution in [0.3, 0.4) is 0 Å². The highest BCUT2D eigenvalue weighted by Crippen LogP contribution is 2.21. The van der Waals surface area contributed by atoms with Gasteiger partial charge in [0.1, 0.15) is 0 Å². The van der Waals surface area contributed by atoms with Gasteiger partial charge in [-0.3, -0.25) is 9.69 Å². The fraction of sp³-hybridized carbons (Fsp3) is 0.440. The van der Waals surface area contributed by atoms with Gasteiger partial charge in [-0.2, -0.15) is 0 Å². The Morgan fingerprint density at radius 3 is 2.48 bits per heavy atom. The number of hydrogen-bond acceptors (Lipinski definition) is 6. The lowest BCUT2D eigenvalue weighted by molar-refractivity contribution is -0.137. The Hall–Kier alpha value is -3.26. The zero-order valence-corrected chi connectivity index (χ0v) is 19.2. The Kier molecular flexibility index (Phi) is 6.35. The predicted octanol–water partition coefficient (Wildman–Crippen LogP) is 2.01. The van der Waals surface area contributed by atoms with Gasteiger partial charge in [-0.05, 0) is 25.0 Å². The van der Waals surface area contributed by atoms with E-state index in [2.05, 4.69) is 54.7 Å². The van der Waals surface area contributed by atoms with Crippen LogP contribution in [-0.4, -0.2) is 74.0 Å². The Morgan fingerprint density at radius 1 is 0.970 bits per heavy atom. The van der Waals surface area contributed by atoms with Gasteiger partial charge in [-0.25, -0.2) is 15.0 Å². The number of benzene rings is 1. The largest absolute Gasteiger partial charge is 0.338 e. The molecule has 0 radical (unpaired) electrons. The SMILES string of the molecule is C[C@@H](C(=O)N1CCN(c2ncccn2)CC1)N1CCc2c(ncn2CCc2ccccc2)C1. The van der Waals surface area contributed by atoms with E-state index in [0.29, 0.717) is 13.1 Å². The van der Waals surface area contributed by atoms with Crippen LogP contribution in [0.15, 0.2) is 55.1 Å². The van der Waals surface area contributed by atoms with Gasteiger partial charge in [0.15, 0.2) is 0 Å². The summed E-state index contributed by atoms with van der Waals surface area (Å²) in [5.41, 5.74) is 3.77. The highest BCUT2D eigenvalue weighted by atomic mass is 16.2. The first-order chi connectivity index (χ1) is 16.2. The maximum atomic E-state index is 13.2. The van der Waals surface area contributed by atoms with Crippen molar-refractivity contribution in [1.29, 1.82) is 0 Å². The molecule has 1 amide bonds. The van der Waals surface area contributed by atoms with E-state index >= 15 is 0 Å². The quantitative estimate of drug-likeness (QED) is 0.578. The van der Waals surface area contributed by atoms with Crippen LogP contribution in [0.2, 0.25) is 0 Å². The minimum Gasteiger partial charge on any atom is -0.338 e. The lowest BCUT2D eigenvalue weighted by atomic mass is 10.1. The van der Waals surface area contributed by atoms with E-state index in [1.165, 1.54) is 11.3 Å². The molecular formula is C25H31N7O. The molecule has 8 heteroatoms. The van der Waals surface area contributed by atoms with Gasteiger partial charge >= 0.3 is 0 Å². The first-order valence-corrected chi connectivity index (χ1v) is 11.8. The van der Waals surface area contributed by atoms with Gasteiger partial charge in [0.05, 0.1) is 18.1 Å². The van der Waals surface area contributed by atoms with E-state index in [9.17, 15) is 4.79 Å². The lowest BCUT2D eigenvalue weighted by Crippen LogP contribution is -2.55. The van der Waals surface area contributed by atoms with Gasteiger partial charge in [-0.15, -0.1) is 0 Å². The van der Waals surface area contributed by atoms with E-state index in [0.717, 1.165) is 57.2 Å². The summed E-state index contributed by atoms with van der Waals surface area (Å²) in [6, 6.07) is 12.2. The number of imidazole rings is 1. The van der Waals surface area contributed by atoms with Crippen molar-refractivity contribution in [3.63, 3.8) is 0 Å². The van der Waals surface area contributed by atoms with Crippen LogP contribution < -0.4 is 4.90 Å². The molecule has 0 N–H and O–H groups in total. The van der Waals surface area contributed by atoms with Gasteiger partial charge in [0.25, 0.3) is 0 Å². The first kappa shape index (κ1) is 21.6. The van der Waals surface area contributed by atoms with Gasteiger partial charge in [-0.1, -0.05) is 30.3 Å². The van der Waals surface area contributed by atoms with E-state index in [1.807, 2.05) is 24.2 Å². The topological polar surface area (TPSA) is 70.4 Å². The zero-order chi connectivity index (χ0) is 22.6. The van der Waals surface area contributed by atoms with Crippen molar-refractivity contribution >= 4 is 11.9 Å². The Bertz CT molecular complexity index is 1060. The third kappa shape index (κ3) is 4.75. The molecule has 0 saturated carbocycles. The number of carbonyl (C=O) groups excluding carboxylic acids is 1. The minimum atomic E-state index is -0.146. The molecule has 1 atom stereocenters. The highest BCUT2D eigenvalue weighted by molar-refractivity contribution is 5.81. The molecule has 0 spiro atoms. The molecule has 2 aliphatic rings. The zero-order valence-electron chi connectivity index (χ0n) is 19.2. The molecule has 1 aromatic carbocycles. The van der Waals surface area contributed by atoms with Gasteiger partial charge < -0.3 is 14.4 Å². The summed E-state index contributed by atoms with van der Waals surface area (Å²) in [6.07, 6.45) is 7.42. The third-order valence-corrected chi connectivity index (χ3v) is 6.84. The van der Waals surface area contributed by atoms with Crippen LogP contribution in [-0.2, 0) is 30.7 Å². The Morgan fingerprint density at radius 2 is 1.73 bits per heavy atom. The summed E-state index contributed by atoms with van der Waals surface area (Å²) in [5.74, 6) is 0.944. The lowest BCUT2D eigenvalue weighted by Gasteiger charge is -2.39. The Balaban J connectivity index is 1.15. The van der Waals surface area contributed by atoms with Crippen molar-refractivity contribution in [1.82, 2.24) is 29.3 Å². The summed E-state index contributed by atoms with van der Waals surface area (Å²) >= 11 is 0. The second-order valence-electron chi connectivity index (χ2n) is 8.82. The fourth-order valence-corrected chi connectivity index (χ4v) is 4.81. The molecule has 1 saturated heterocycles. The molecule has 5 rings (SSSR count). The van der Waals surface area contributed by atoms with Crippen molar-refractivity contribution < 1.29 is 4.79 Å². The standard InChI is InChI=1S/C25H31N7O/c1-20(24(33)29-14-16-30(17-15-29)25-26-10-5-11-27-25)31-13-9-23-22(18-31)28-19-32(23)12-8-21-6-3-2-4-7-21/h2-7,10-11,19-20H,8-9,12-18H2,1H3/t20-/m0/s1. The number of anilines is 1. The van der Waals surface area contributed by atoms with Crippen LogP contribution in [0.5, 0.6) is 0 Å². The number of rotatable bonds is 6. The molecule has 0 aliphatic carbocycles. The highest BCUT2D eigenvalue weighted by Gasteiger charge is 2.32. The summed E-state index contributed by atoms with van der Waals surface area (Å²) in [7, 11) is 0. The molecule has 2 aliphatic heterocycles. The average molecular weight is 446 g/mol. The van der Waals surface area contributed by atoms with E-state index in [-0.39, 0.29) is 11.9 Å². The normalized spacial score (nSPS) is 17.6. The molecular weight excluding hydrogens is 414 g/mol. The van der Waals surface area contributed by atoms with Crippen molar-refractivity contribution in [2.45, 2.75) is 38.9 Å². The minimum absolute atomic E-state index is 0.146. The maximum Gasteiger partial charge on any atom is 0.239 e. The number of carbonyl (C=O) groups is 1.